The monoisotopic (exact) mass is 362 g/mol. The minimum Gasteiger partial charge on any atom is -0.479 e. The zero-order valence-electron chi connectivity index (χ0n) is 15.4. The largest absolute Gasteiger partial charge is 0.479 e. The Morgan fingerprint density at radius 3 is 2.70 bits per heavy atom. The van der Waals surface area contributed by atoms with Crippen molar-refractivity contribution < 1.29 is 14.3 Å². The van der Waals surface area contributed by atoms with E-state index in [-0.39, 0.29) is 11.8 Å². The minimum absolute atomic E-state index is 0.134. The van der Waals surface area contributed by atoms with Crippen molar-refractivity contribution in [3.8, 4) is 5.75 Å². The van der Waals surface area contributed by atoms with Gasteiger partial charge in [0.15, 0.2) is 6.10 Å². The van der Waals surface area contributed by atoms with Crippen LogP contribution in [-0.4, -0.2) is 24.5 Å². The molecule has 2 aromatic carbocycles. The average molecular weight is 362 g/mol. The van der Waals surface area contributed by atoms with Crippen LogP contribution in [0.4, 0.5) is 11.4 Å². The fraction of sp³-hybridized carbons (Fsp3) is 0.182. The predicted octanol–water partition coefficient (Wildman–Crippen LogP) is 3.95. The molecule has 0 radical (unpaired) electrons. The number of ether oxygens (including phenoxy) is 1. The number of nitrogens with zero attached hydrogens (tertiary/aromatic N) is 1. The summed E-state index contributed by atoms with van der Waals surface area (Å²) in [7, 11) is 0. The van der Waals surface area contributed by atoms with E-state index in [1.807, 2.05) is 31.2 Å². The van der Waals surface area contributed by atoms with E-state index >= 15 is 0 Å². The molecule has 0 saturated carbocycles. The maximum atomic E-state index is 12.3. The Labute approximate surface area is 158 Å². The van der Waals surface area contributed by atoms with Crippen LogP contribution < -0.4 is 15.0 Å². The standard InChI is InChI=1S/C22H22N2O3/c1-4-13-24-19-14-18(10-11-20(19)27-16(3)22(24)26)23-21(25)12-9-17-7-5-15(2)6-8-17/h4-12,14,16H,1,13H2,2-3H3,(H,23,25)/b12-9+. The predicted molar refractivity (Wildman–Crippen MR) is 108 cm³/mol. The zero-order chi connectivity index (χ0) is 19.4. The second-order valence-corrected chi connectivity index (χ2v) is 6.41. The number of fused-ring (bicyclic) bond motifs is 1. The summed E-state index contributed by atoms with van der Waals surface area (Å²) in [4.78, 5) is 26.2. The van der Waals surface area contributed by atoms with Crippen LogP contribution >= 0.6 is 0 Å². The molecule has 27 heavy (non-hydrogen) atoms. The summed E-state index contributed by atoms with van der Waals surface area (Å²) >= 11 is 0. The molecule has 0 aliphatic carbocycles. The van der Waals surface area contributed by atoms with E-state index < -0.39 is 6.10 Å². The number of nitrogens with one attached hydrogen (secondary N) is 1. The highest BCUT2D eigenvalue weighted by atomic mass is 16.5. The third-order valence-electron chi connectivity index (χ3n) is 4.25. The van der Waals surface area contributed by atoms with Crippen LogP contribution in [0.1, 0.15) is 18.1 Å². The molecule has 5 nitrogen and oxygen atoms in total. The third kappa shape index (κ3) is 4.26. The van der Waals surface area contributed by atoms with E-state index in [0.29, 0.717) is 23.7 Å². The maximum Gasteiger partial charge on any atom is 0.268 e. The van der Waals surface area contributed by atoms with E-state index in [9.17, 15) is 9.59 Å². The molecule has 5 heteroatoms. The van der Waals surface area contributed by atoms with E-state index in [2.05, 4.69) is 11.9 Å². The number of benzene rings is 2. The fourth-order valence-corrected chi connectivity index (χ4v) is 2.84. The minimum atomic E-state index is -0.546. The lowest BCUT2D eigenvalue weighted by molar-refractivity contribution is -0.125. The molecular formula is C22H22N2O3. The van der Waals surface area contributed by atoms with Crippen molar-refractivity contribution in [2.75, 3.05) is 16.8 Å². The Bertz CT molecular complexity index is 900. The van der Waals surface area contributed by atoms with Crippen molar-refractivity contribution in [2.45, 2.75) is 20.0 Å². The van der Waals surface area contributed by atoms with Gasteiger partial charge in [-0.05, 0) is 43.7 Å². The Kier molecular flexibility index (Phi) is 5.41. The first-order valence-electron chi connectivity index (χ1n) is 8.76. The molecule has 2 amide bonds. The van der Waals surface area contributed by atoms with Crippen LogP contribution in [0.5, 0.6) is 5.75 Å². The second kappa shape index (κ2) is 7.91. The molecule has 0 fully saturated rings. The maximum absolute atomic E-state index is 12.3. The Hall–Kier alpha value is -3.34. The van der Waals surface area contributed by atoms with Crippen molar-refractivity contribution >= 4 is 29.3 Å². The van der Waals surface area contributed by atoms with Crippen molar-refractivity contribution in [3.63, 3.8) is 0 Å². The first-order chi connectivity index (χ1) is 13.0. The normalized spacial score (nSPS) is 16.0. The Morgan fingerprint density at radius 1 is 1.26 bits per heavy atom. The van der Waals surface area contributed by atoms with Gasteiger partial charge in [0.1, 0.15) is 5.75 Å². The molecule has 0 bridgehead atoms. The molecule has 1 aliphatic rings. The van der Waals surface area contributed by atoms with Gasteiger partial charge in [-0.15, -0.1) is 6.58 Å². The van der Waals surface area contributed by atoms with Crippen LogP contribution in [0.15, 0.2) is 61.2 Å². The lowest BCUT2D eigenvalue weighted by Crippen LogP contribution is -2.44. The molecule has 0 saturated heterocycles. The van der Waals surface area contributed by atoms with Gasteiger partial charge in [0.05, 0.1) is 5.69 Å². The Balaban J connectivity index is 1.76. The van der Waals surface area contributed by atoms with Crippen molar-refractivity contribution in [3.05, 3.63) is 72.3 Å². The third-order valence-corrected chi connectivity index (χ3v) is 4.25. The quantitative estimate of drug-likeness (QED) is 0.647. The van der Waals surface area contributed by atoms with Gasteiger partial charge in [-0.3, -0.25) is 9.59 Å². The molecule has 0 aromatic heterocycles. The van der Waals surface area contributed by atoms with Gasteiger partial charge in [-0.2, -0.15) is 0 Å². The lowest BCUT2D eigenvalue weighted by atomic mass is 10.1. The van der Waals surface area contributed by atoms with Gasteiger partial charge in [-0.1, -0.05) is 35.9 Å². The van der Waals surface area contributed by atoms with Crippen LogP contribution in [0.3, 0.4) is 0 Å². The zero-order valence-corrected chi connectivity index (χ0v) is 15.4. The molecule has 1 N–H and O–H groups in total. The summed E-state index contributed by atoms with van der Waals surface area (Å²) in [5.41, 5.74) is 3.33. The number of carbonyl (C=O) groups excluding carboxylic acids is 2. The molecule has 1 heterocycles. The number of hydrogen-bond acceptors (Lipinski definition) is 3. The number of aryl methyl sites for hydroxylation is 1. The molecule has 0 spiro atoms. The van der Waals surface area contributed by atoms with Crippen LogP contribution in [0.25, 0.3) is 6.08 Å². The molecule has 138 valence electrons. The number of hydrogen-bond donors (Lipinski definition) is 1. The van der Waals surface area contributed by atoms with Crippen LogP contribution in [0.2, 0.25) is 0 Å². The molecule has 1 unspecified atom stereocenters. The van der Waals surface area contributed by atoms with E-state index in [1.54, 1.807) is 42.2 Å². The van der Waals surface area contributed by atoms with Gasteiger partial charge in [0.2, 0.25) is 5.91 Å². The highest BCUT2D eigenvalue weighted by molar-refractivity contribution is 6.04. The highest BCUT2D eigenvalue weighted by Gasteiger charge is 2.30. The molecule has 1 atom stereocenters. The van der Waals surface area contributed by atoms with Gasteiger partial charge >= 0.3 is 0 Å². The summed E-state index contributed by atoms with van der Waals surface area (Å²) in [5, 5.41) is 2.82. The van der Waals surface area contributed by atoms with Crippen LogP contribution in [-0.2, 0) is 9.59 Å². The number of carbonyl (C=O) groups is 2. The molecule has 2 aromatic rings. The van der Waals surface area contributed by atoms with E-state index in [1.165, 1.54) is 11.6 Å². The van der Waals surface area contributed by atoms with Gasteiger partial charge in [0, 0.05) is 18.3 Å². The van der Waals surface area contributed by atoms with E-state index in [0.717, 1.165) is 5.56 Å². The second-order valence-electron chi connectivity index (χ2n) is 6.41. The topological polar surface area (TPSA) is 58.6 Å². The van der Waals surface area contributed by atoms with Crippen molar-refractivity contribution in [1.82, 2.24) is 0 Å². The smallest absolute Gasteiger partial charge is 0.268 e. The van der Waals surface area contributed by atoms with Crippen LogP contribution in [0, 0.1) is 6.92 Å². The Morgan fingerprint density at radius 2 is 2.00 bits per heavy atom. The van der Waals surface area contributed by atoms with Crippen molar-refractivity contribution in [2.24, 2.45) is 0 Å². The SMILES string of the molecule is C=CCN1C(=O)C(C)Oc2ccc(NC(=O)/C=C/c3ccc(C)cc3)cc21. The molecule has 1 aliphatic heterocycles. The first kappa shape index (κ1) is 18.5. The summed E-state index contributed by atoms with van der Waals surface area (Å²) in [6.45, 7) is 7.81. The summed E-state index contributed by atoms with van der Waals surface area (Å²) in [5.74, 6) is 0.226. The summed E-state index contributed by atoms with van der Waals surface area (Å²) < 4.78 is 5.64. The van der Waals surface area contributed by atoms with Gasteiger partial charge < -0.3 is 15.0 Å². The first-order valence-corrected chi connectivity index (χ1v) is 8.76. The number of rotatable bonds is 5. The summed E-state index contributed by atoms with van der Waals surface area (Å²) in [6.07, 6.45) is 4.35. The van der Waals surface area contributed by atoms with E-state index in [4.69, 9.17) is 4.74 Å². The van der Waals surface area contributed by atoms with Gasteiger partial charge in [-0.25, -0.2) is 0 Å². The van der Waals surface area contributed by atoms with Crippen molar-refractivity contribution in [1.29, 1.82) is 0 Å². The summed E-state index contributed by atoms with van der Waals surface area (Å²) in [6, 6.07) is 13.1. The average Bonchev–Trinajstić information content (AvgIpc) is 2.65. The number of anilines is 2. The number of amides is 2. The highest BCUT2D eigenvalue weighted by Crippen LogP contribution is 2.36. The molecular weight excluding hydrogens is 340 g/mol. The van der Waals surface area contributed by atoms with Gasteiger partial charge in [0.25, 0.3) is 5.91 Å². The lowest BCUT2D eigenvalue weighted by Gasteiger charge is -2.32. The fourth-order valence-electron chi connectivity index (χ4n) is 2.84. The molecule has 3 rings (SSSR count).